The number of nitrogens with zero attached hydrogens (tertiary/aromatic N) is 2. The molecule has 0 saturated carbocycles. The number of anilines is 1. The molecule has 1 aliphatic carbocycles. The van der Waals surface area contributed by atoms with Gasteiger partial charge in [-0.1, -0.05) is 30.0 Å². The minimum absolute atomic E-state index is 0.0578. The van der Waals surface area contributed by atoms with Crippen molar-refractivity contribution in [3.8, 4) is 11.5 Å². The van der Waals surface area contributed by atoms with Gasteiger partial charge in [-0.3, -0.25) is 4.79 Å². The van der Waals surface area contributed by atoms with Crippen LogP contribution in [0.2, 0.25) is 0 Å². The van der Waals surface area contributed by atoms with Crippen molar-refractivity contribution < 1.29 is 9.53 Å². The Kier molecular flexibility index (Phi) is 5.86. The Bertz CT molecular complexity index is 1210. The molecule has 31 heavy (non-hydrogen) atoms. The zero-order valence-electron chi connectivity index (χ0n) is 16.8. The molecule has 0 atom stereocenters. The molecule has 2 aromatic heterocycles. The zero-order chi connectivity index (χ0) is 21.0. The van der Waals surface area contributed by atoms with Gasteiger partial charge in [0.05, 0.1) is 5.75 Å². The average Bonchev–Trinajstić information content (AvgIpc) is 3.19. The van der Waals surface area contributed by atoms with Crippen molar-refractivity contribution in [1.29, 1.82) is 0 Å². The Morgan fingerprint density at radius 3 is 2.61 bits per heavy atom. The molecule has 2 heterocycles. The second kappa shape index (κ2) is 9.08. The van der Waals surface area contributed by atoms with Gasteiger partial charge in [-0.05, 0) is 67.6 Å². The van der Waals surface area contributed by atoms with Gasteiger partial charge in [0.1, 0.15) is 27.7 Å². The van der Waals surface area contributed by atoms with E-state index in [1.807, 2.05) is 54.6 Å². The molecule has 1 amide bonds. The summed E-state index contributed by atoms with van der Waals surface area (Å²) in [6.07, 6.45) is 6.27. The fourth-order valence-electron chi connectivity index (χ4n) is 3.73. The summed E-state index contributed by atoms with van der Waals surface area (Å²) in [7, 11) is 0. The SMILES string of the molecule is O=C(CSc1ncnc2sc3c(c12)CCCC3)Nc1ccc(Oc2ccccc2)cc1. The number of para-hydroxylation sites is 1. The van der Waals surface area contributed by atoms with E-state index in [0.29, 0.717) is 5.75 Å². The number of ether oxygens (including phenoxy) is 1. The minimum Gasteiger partial charge on any atom is -0.457 e. The van der Waals surface area contributed by atoms with Crippen LogP contribution < -0.4 is 10.1 Å². The Morgan fingerprint density at radius 1 is 1.00 bits per heavy atom. The molecule has 7 heteroatoms. The Balaban J connectivity index is 1.22. The van der Waals surface area contributed by atoms with Crippen LogP contribution in [0.4, 0.5) is 5.69 Å². The Hall–Kier alpha value is -2.90. The van der Waals surface area contributed by atoms with E-state index in [2.05, 4.69) is 15.3 Å². The fraction of sp³-hybridized carbons (Fsp3) is 0.208. The number of carbonyl (C=O) groups is 1. The molecule has 0 aliphatic heterocycles. The van der Waals surface area contributed by atoms with Crippen LogP contribution in [0.1, 0.15) is 23.3 Å². The molecule has 0 radical (unpaired) electrons. The van der Waals surface area contributed by atoms with Crippen LogP contribution in [0, 0.1) is 0 Å². The molecule has 1 aliphatic rings. The third-order valence-electron chi connectivity index (χ3n) is 5.17. The molecule has 4 aromatic rings. The van der Waals surface area contributed by atoms with Gasteiger partial charge in [0.15, 0.2) is 0 Å². The lowest BCUT2D eigenvalue weighted by atomic mass is 9.97. The molecule has 0 bridgehead atoms. The summed E-state index contributed by atoms with van der Waals surface area (Å²) in [6.45, 7) is 0. The van der Waals surface area contributed by atoms with E-state index in [1.165, 1.54) is 35.0 Å². The summed E-state index contributed by atoms with van der Waals surface area (Å²) < 4.78 is 5.79. The smallest absolute Gasteiger partial charge is 0.234 e. The van der Waals surface area contributed by atoms with E-state index in [9.17, 15) is 4.79 Å². The van der Waals surface area contributed by atoms with Crippen molar-refractivity contribution in [1.82, 2.24) is 9.97 Å². The number of fused-ring (bicyclic) bond motifs is 3. The molecular weight excluding hydrogens is 426 g/mol. The largest absolute Gasteiger partial charge is 0.457 e. The maximum absolute atomic E-state index is 12.5. The van der Waals surface area contributed by atoms with Gasteiger partial charge in [-0.25, -0.2) is 9.97 Å². The van der Waals surface area contributed by atoms with Crippen molar-refractivity contribution in [2.24, 2.45) is 0 Å². The summed E-state index contributed by atoms with van der Waals surface area (Å²) in [5.74, 6) is 1.75. The summed E-state index contributed by atoms with van der Waals surface area (Å²) in [5, 5.41) is 5.01. The van der Waals surface area contributed by atoms with Crippen LogP contribution in [0.25, 0.3) is 10.2 Å². The van der Waals surface area contributed by atoms with E-state index in [4.69, 9.17) is 4.74 Å². The maximum atomic E-state index is 12.5. The molecule has 2 aromatic carbocycles. The number of rotatable bonds is 6. The topological polar surface area (TPSA) is 64.1 Å². The summed E-state index contributed by atoms with van der Waals surface area (Å²) in [4.78, 5) is 23.9. The highest BCUT2D eigenvalue weighted by atomic mass is 32.2. The molecule has 0 unspecified atom stereocenters. The summed E-state index contributed by atoms with van der Waals surface area (Å²) in [6, 6.07) is 17.0. The summed E-state index contributed by atoms with van der Waals surface area (Å²) in [5.41, 5.74) is 2.13. The number of aromatic nitrogens is 2. The van der Waals surface area contributed by atoms with Crippen LogP contribution in [0.3, 0.4) is 0 Å². The molecule has 0 fully saturated rings. The van der Waals surface area contributed by atoms with Crippen molar-refractivity contribution in [2.45, 2.75) is 30.7 Å². The van der Waals surface area contributed by atoms with Crippen molar-refractivity contribution in [3.05, 3.63) is 71.4 Å². The third kappa shape index (κ3) is 4.57. The first kappa shape index (κ1) is 20.0. The van der Waals surface area contributed by atoms with Crippen LogP contribution in [0.15, 0.2) is 66.0 Å². The number of aryl methyl sites for hydroxylation is 2. The molecule has 0 saturated heterocycles. The van der Waals surface area contributed by atoms with Crippen LogP contribution in [-0.4, -0.2) is 21.6 Å². The Morgan fingerprint density at radius 2 is 1.77 bits per heavy atom. The third-order valence-corrected chi connectivity index (χ3v) is 7.36. The molecular formula is C24H21N3O2S2. The number of thiophene rings is 1. The normalized spacial score (nSPS) is 13.0. The maximum Gasteiger partial charge on any atom is 0.234 e. The first-order valence-electron chi connectivity index (χ1n) is 10.3. The number of thioether (sulfide) groups is 1. The predicted octanol–water partition coefficient (Wildman–Crippen LogP) is 6.09. The average molecular weight is 448 g/mol. The quantitative estimate of drug-likeness (QED) is 0.286. The van der Waals surface area contributed by atoms with Crippen molar-refractivity contribution in [2.75, 3.05) is 11.1 Å². The van der Waals surface area contributed by atoms with Crippen LogP contribution >= 0.6 is 23.1 Å². The van der Waals surface area contributed by atoms with Gasteiger partial charge in [0.25, 0.3) is 0 Å². The lowest BCUT2D eigenvalue weighted by Crippen LogP contribution is -2.14. The predicted molar refractivity (Wildman–Crippen MR) is 126 cm³/mol. The number of carbonyl (C=O) groups excluding carboxylic acids is 1. The second-order valence-electron chi connectivity index (χ2n) is 7.35. The van der Waals surface area contributed by atoms with Gasteiger partial charge in [0.2, 0.25) is 5.91 Å². The van der Waals surface area contributed by atoms with E-state index < -0.39 is 0 Å². The first-order valence-corrected chi connectivity index (χ1v) is 12.1. The number of amides is 1. The molecule has 1 N–H and O–H groups in total. The molecule has 5 rings (SSSR count). The second-order valence-corrected chi connectivity index (χ2v) is 9.39. The Labute approximate surface area is 188 Å². The highest BCUT2D eigenvalue weighted by molar-refractivity contribution is 8.00. The van der Waals surface area contributed by atoms with Crippen molar-refractivity contribution in [3.63, 3.8) is 0 Å². The van der Waals surface area contributed by atoms with Gasteiger partial charge in [0, 0.05) is 16.0 Å². The lowest BCUT2D eigenvalue weighted by molar-refractivity contribution is -0.113. The van der Waals surface area contributed by atoms with Gasteiger partial charge in [-0.2, -0.15) is 0 Å². The van der Waals surface area contributed by atoms with E-state index >= 15 is 0 Å². The standard InChI is InChI=1S/C24H21N3O2S2/c28-21(27-16-10-12-18(13-11-16)29-17-6-2-1-3-7-17)14-30-23-22-19-8-4-5-9-20(19)31-24(22)26-15-25-23/h1-3,6-7,10-13,15H,4-5,8-9,14H2,(H,27,28). The fourth-order valence-corrected chi connectivity index (χ4v) is 5.85. The van der Waals surface area contributed by atoms with E-state index in [0.717, 1.165) is 45.3 Å². The molecule has 0 spiro atoms. The highest BCUT2D eigenvalue weighted by Gasteiger charge is 2.20. The van der Waals surface area contributed by atoms with Gasteiger partial charge < -0.3 is 10.1 Å². The first-order chi connectivity index (χ1) is 15.3. The van der Waals surface area contributed by atoms with Gasteiger partial charge >= 0.3 is 0 Å². The highest BCUT2D eigenvalue weighted by Crippen LogP contribution is 2.39. The van der Waals surface area contributed by atoms with Crippen molar-refractivity contribution >= 4 is 44.9 Å². The number of benzene rings is 2. The number of nitrogens with one attached hydrogen (secondary N) is 1. The molecule has 5 nitrogen and oxygen atoms in total. The minimum atomic E-state index is -0.0578. The lowest BCUT2D eigenvalue weighted by Gasteiger charge is -2.11. The molecule has 156 valence electrons. The monoisotopic (exact) mass is 447 g/mol. The van der Waals surface area contributed by atoms with Crippen LogP contribution in [0.5, 0.6) is 11.5 Å². The van der Waals surface area contributed by atoms with Gasteiger partial charge in [-0.15, -0.1) is 11.3 Å². The number of hydrogen-bond donors (Lipinski definition) is 1. The van der Waals surface area contributed by atoms with Crippen LogP contribution in [-0.2, 0) is 17.6 Å². The number of hydrogen-bond acceptors (Lipinski definition) is 6. The zero-order valence-corrected chi connectivity index (χ0v) is 18.5. The van der Waals surface area contributed by atoms with E-state index in [1.54, 1.807) is 17.7 Å². The summed E-state index contributed by atoms with van der Waals surface area (Å²) >= 11 is 3.25. The van der Waals surface area contributed by atoms with E-state index in [-0.39, 0.29) is 5.91 Å².